The average Bonchev–Trinajstić information content (AvgIpc) is 3.17. The van der Waals surface area contributed by atoms with Gasteiger partial charge < -0.3 is 14.4 Å². The molecule has 1 heterocycles. The number of anilines is 1. The van der Waals surface area contributed by atoms with Crippen LogP contribution in [0.3, 0.4) is 0 Å². The normalized spacial score (nSPS) is 10.8. The van der Waals surface area contributed by atoms with Crippen LogP contribution in [0.1, 0.15) is 27.9 Å². The van der Waals surface area contributed by atoms with Crippen LogP contribution in [0.4, 0.5) is 5.13 Å². The zero-order valence-electron chi connectivity index (χ0n) is 18.9. The number of nitrogens with zero attached hydrogens (tertiary/aromatic N) is 3. The molecule has 0 saturated carbocycles. The summed E-state index contributed by atoms with van der Waals surface area (Å²) in [6, 6.07) is 9.44. The fourth-order valence-electron chi connectivity index (χ4n) is 3.28. The Morgan fingerprint density at radius 2 is 1.74 bits per heavy atom. The van der Waals surface area contributed by atoms with Gasteiger partial charge in [0.1, 0.15) is 0 Å². The molecular formula is C23H30ClN3O3S. The molecule has 0 spiro atoms. The fraction of sp³-hybridized carbons (Fsp3) is 0.391. The van der Waals surface area contributed by atoms with Crippen molar-refractivity contribution in [2.24, 2.45) is 0 Å². The maximum absolute atomic E-state index is 13.5. The largest absolute Gasteiger partial charge is 0.493 e. The number of thiazole rings is 1. The molecule has 0 fully saturated rings. The van der Waals surface area contributed by atoms with Crippen molar-refractivity contribution in [2.45, 2.75) is 20.3 Å². The van der Waals surface area contributed by atoms with E-state index < -0.39 is 0 Å². The molecule has 0 bridgehead atoms. The van der Waals surface area contributed by atoms with Crippen LogP contribution in [0, 0.1) is 13.8 Å². The zero-order chi connectivity index (χ0) is 21.8. The minimum absolute atomic E-state index is 0. The van der Waals surface area contributed by atoms with Gasteiger partial charge in [-0.25, -0.2) is 4.98 Å². The van der Waals surface area contributed by atoms with Crippen LogP contribution in [-0.2, 0) is 0 Å². The molecule has 0 aliphatic heterocycles. The lowest BCUT2D eigenvalue weighted by molar-refractivity contribution is 0.0985. The monoisotopic (exact) mass is 463 g/mol. The number of ether oxygens (including phenoxy) is 2. The van der Waals surface area contributed by atoms with Gasteiger partial charge in [-0.05, 0) is 76.3 Å². The van der Waals surface area contributed by atoms with Crippen LogP contribution >= 0.6 is 23.7 Å². The Bertz CT molecular complexity index is 1050. The first-order chi connectivity index (χ1) is 14.3. The summed E-state index contributed by atoms with van der Waals surface area (Å²) in [5.41, 5.74) is 3.86. The van der Waals surface area contributed by atoms with Crippen LogP contribution in [0.2, 0.25) is 0 Å². The molecule has 168 valence electrons. The number of amides is 1. The van der Waals surface area contributed by atoms with Gasteiger partial charge >= 0.3 is 0 Å². The molecule has 1 aromatic heterocycles. The molecule has 3 rings (SSSR count). The van der Waals surface area contributed by atoms with E-state index in [2.05, 4.69) is 30.9 Å². The van der Waals surface area contributed by atoms with E-state index in [0.717, 1.165) is 33.9 Å². The van der Waals surface area contributed by atoms with E-state index >= 15 is 0 Å². The number of fused-ring (bicyclic) bond motifs is 1. The van der Waals surface area contributed by atoms with Crippen molar-refractivity contribution in [3.8, 4) is 11.5 Å². The van der Waals surface area contributed by atoms with E-state index in [1.165, 1.54) is 5.56 Å². The fourth-order valence-corrected chi connectivity index (χ4v) is 4.33. The van der Waals surface area contributed by atoms with E-state index in [1.807, 2.05) is 14.1 Å². The molecule has 31 heavy (non-hydrogen) atoms. The minimum atomic E-state index is -0.0943. The highest BCUT2D eigenvalue weighted by Crippen LogP contribution is 2.34. The van der Waals surface area contributed by atoms with E-state index in [4.69, 9.17) is 14.5 Å². The Kier molecular flexibility index (Phi) is 8.68. The SMILES string of the molecule is COc1ccc(C(=O)N(CCCN(C)C)c2nc3c(C)c(C)ccc3s2)cc1OC.Cl. The molecule has 0 N–H and O–H groups in total. The second-order valence-corrected chi connectivity index (χ2v) is 8.54. The third-order valence-electron chi connectivity index (χ3n) is 5.17. The van der Waals surface area contributed by atoms with Gasteiger partial charge in [0.05, 0.1) is 24.4 Å². The Hall–Kier alpha value is -2.35. The maximum Gasteiger partial charge on any atom is 0.260 e. The first-order valence-electron chi connectivity index (χ1n) is 9.91. The van der Waals surface area contributed by atoms with Gasteiger partial charge in [0.2, 0.25) is 0 Å². The number of aromatic nitrogens is 1. The van der Waals surface area contributed by atoms with Gasteiger partial charge in [0, 0.05) is 12.1 Å². The zero-order valence-corrected chi connectivity index (χ0v) is 20.5. The molecule has 6 nitrogen and oxygen atoms in total. The number of carbonyl (C=O) groups is 1. The first kappa shape index (κ1) is 24.9. The highest BCUT2D eigenvalue weighted by molar-refractivity contribution is 7.22. The maximum atomic E-state index is 13.5. The molecule has 0 unspecified atom stereocenters. The Balaban J connectivity index is 0.00000341. The Morgan fingerprint density at radius 3 is 2.39 bits per heavy atom. The lowest BCUT2D eigenvalue weighted by Gasteiger charge is -2.21. The summed E-state index contributed by atoms with van der Waals surface area (Å²) in [5.74, 6) is 1.04. The quantitative estimate of drug-likeness (QED) is 0.473. The van der Waals surface area contributed by atoms with Gasteiger partial charge in [0.15, 0.2) is 16.6 Å². The van der Waals surface area contributed by atoms with Crippen molar-refractivity contribution >= 4 is 45.0 Å². The lowest BCUT2D eigenvalue weighted by Crippen LogP contribution is -2.33. The van der Waals surface area contributed by atoms with Crippen LogP contribution in [-0.4, -0.2) is 57.2 Å². The van der Waals surface area contributed by atoms with Crippen molar-refractivity contribution in [1.29, 1.82) is 0 Å². The van der Waals surface area contributed by atoms with Gasteiger partial charge in [0.25, 0.3) is 5.91 Å². The summed E-state index contributed by atoms with van der Waals surface area (Å²) in [6.45, 7) is 5.63. The number of carbonyl (C=O) groups excluding carboxylic acids is 1. The summed E-state index contributed by atoms with van der Waals surface area (Å²) in [5, 5.41) is 0.720. The average molecular weight is 464 g/mol. The number of hydrogen-bond acceptors (Lipinski definition) is 6. The topological polar surface area (TPSA) is 54.9 Å². The standard InChI is InChI=1S/C23H29N3O3S.ClH/c1-15-8-11-20-21(16(15)2)24-23(30-20)26(13-7-12-25(3)4)22(27)17-9-10-18(28-5)19(14-17)29-6;/h8-11,14H,7,12-13H2,1-6H3;1H. The minimum Gasteiger partial charge on any atom is -0.493 e. The molecular weight excluding hydrogens is 434 g/mol. The summed E-state index contributed by atoms with van der Waals surface area (Å²) >= 11 is 1.55. The van der Waals surface area contributed by atoms with Crippen molar-refractivity contribution < 1.29 is 14.3 Å². The van der Waals surface area contributed by atoms with Crippen LogP contribution in [0.5, 0.6) is 11.5 Å². The predicted molar refractivity (Wildman–Crippen MR) is 131 cm³/mol. The third kappa shape index (κ3) is 5.47. The number of methoxy groups -OCH3 is 2. The number of hydrogen-bond donors (Lipinski definition) is 0. The van der Waals surface area contributed by atoms with Crippen molar-refractivity contribution in [1.82, 2.24) is 9.88 Å². The van der Waals surface area contributed by atoms with E-state index in [0.29, 0.717) is 23.6 Å². The summed E-state index contributed by atoms with van der Waals surface area (Å²) in [7, 11) is 7.21. The molecule has 0 aliphatic carbocycles. The number of benzene rings is 2. The smallest absolute Gasteiger partial charge is 0.260 e. The van der Waals surface area contributed by atoms with Crippen LogP contribution < -0.4 is 14.4 Å². The molecule has 0 aliphatic rings. The van der Waals surface area contributed by atoms with Crippen LogP contribution in [0.15, 0.2) is 30.3 Å². The number of rotatable bonds is 8. The molecule has 0 atom stereocenters. The summed E-state index contributed by atoms with van der Waals surface area (Å²) < 4.78 is 11.8. The Morgan fingerprint density at radius 1 is 1.03 bits per heavy atom. The third-order valence-corrected chi connectivity index (χ3v) is 6.21. The number of aryl methyl sites for hydroxylation is 2. The van der Waals surface area contributed by atoms with E-state index in [9.17, 15) is 4.79 Å². The summed E-state index contributed by atoms with van der Waals surface area (Å²) in [6.07, 6.45) is 0.847. The Labute approximate surface area is 194 Å². The molecule has 0 saturated heterocycles. The van der Waals surface area contributed by atoms with Crippen molar-refractivity contribution in [2.75, 3.05) is 46.3 Å². The van der Waals surface area contributed by atoms with Crippen molar-refractivity contribution in [3.63, 3.8) is 0 Å². The van der Waals surface area contributed by atoms with E-state index in [1.54, 1.807) is 48.7 Å². The second kappa shape index (κ2) is 10.8. The molecule has 8 heteroatoms. The van der Waals surface area contributed by atoms with Crippen LogP contribution in [0.25, 0.3) is 10.2 Å². The van der Waals surface area contributed by atoms with Gasteiger partial charge in [-0.2, -0.15) is 0 Å². The second-order valence-electron chi connectivity index (χ2n) is 7.53. The van der Waals surface area contributed by atoms with E-state index in [-0.39, 0.29) is 18.3 Å². The van der Waals surface area contributed by atoms with Gasteiger partial charge in [-0.3, -0.25) is 9.69 Å². The van der Waals surface area contributed by atoms with Crippen molar-refractivity contribution in [3.05, 3.63) is 47.0 Å². The number of halogens is 1. The molecule has 2 aromatic carbocycles. The first-order valence-corrected chi connectivity index (χ1v) is 10.7. The van der Waals surface area contributed by atoms with Gasteiger partial charge in [-0.1, -0.05) is 17.4 Å². The molecule has 1 amide bonds. The van der Waals surface area contributed by atoms with Gasteiger partial charge in [-0.15, -0.1) is 12.4 Å². The molecule has 0 radical (unpaired) electrons. The lowest BCUT2D eigenvalue weighted by atomic mass is 10.1. The predicted octanol–water partition coefficient (Wildman–Crippen LogP) is 4.95. The molecule has 3 aromatic rings. The highest BCUT2D eigenvalue weighted by Gasteiger charge is 2.23. The highest BCUT2D eigenvalue weighted by atomic mass is 35.5. The summed E-state index contributed by atoms with van der Waals surface area (Å²) in [4.78, 5) is 22.2.